The molecule has 6 unspecified atom stereocenters. The summed E-state index contributed by atoms with van der Waals surface area (Å²) < 4.78 is 34.0. The Morgan fingerprint density at radius 2 is 1.80 bits per heavy atom. The van der Waals surface area contributed by atoms with Crippen LogP contribution in [-0.2, 0) is 38.1 Å². The second-order valence-electron chi connectivity index (χ2n) is 11.8. The number of rotatable bonds is 6. The van der Waals surface area contributed by atoms with Crippen LogP contribution in [0.15, 0.2) is 30.3 Å². The molecule has 0 radical (unpaired) electrons. The molecule has 1 aliphatic carbocycles. The highest BCUT2D eigenvalue weighted by atomic mass is 32.1. The Labute approximate surface area is 235 Å². The number of thiocarbonyl (C=S) groups is 1. The number of hydrogen-bond acceptors (Lipinski definition) is 13. The van der Waals surface area contributed by atoms with Gasteiger partial charge in [-0.05, 0) is 24.5 Å². The summed E-state index contributed by atoms with van der Waals surface area (Å²) in [5, 5.41) is 34.2. The van der Waals surface area contributed by atoms with Crippen molar-refractivity contribution in [2.45, 2.75) is 70.6 Å². The molecule has 4 aliphatic rings. The molecule has 12 nitrogen and oxygen atoms in total. The van der Waals surface area contributed by atoms with E-state index in [1.807, 2.05) is 0 Å². The Hall–Kier alpha value is -2.84. The predicted octanol–water partition coefficient (Wildman–Crippen LogP) is 0.483. The van der Waals surface area contributed by atoms with E-state index in [0.29, 0.717) is 5.75 Å². The van der Waals surface area contributed by atoms with E-state index in [4.69, 9.17) is 40.6 Å². The summed E-state index contributed by atoms with van der Waals surface area (Å²) in [5.41, 5.74) is -4.46. The van der Waals surface area contributed by atoms with Gasteiger partial charge in [-0.3, -0.25) is 9.59 Å². The molecular formula is C27H32O12S. The van der Waals surface area contributed by atoms with E-state index in [9.17, 15) is 29.7 Å². The molecule has 0 amide bonds. The lowest BCUT2D eigenvalue weighted by Gasteiger charge is -2.49. The van der Waals surface area contributed by atoms with Crippen LogP contribution < -0.4 is 4.74 Å². The summed E-state index contributed by atoms with van der Waals surface area (Å²) in [5.74, 6) is -3.28. The van der Waals surface area contributed by atoms with Crippen molar-refractivity contribution in [3.8, 4) is 5.75 Å². The highest BCUT2D eigenvalue weighted by molar-refractivity contribution is 7.79. The molecule has 218 valence electrons. The maximum Gasteiger partial charge on any atom is 0.358 e. The minimum atomic E-state index is -1.87. The van der Waals surface area contributed by atoms with Gasteiger partial charge in [0.15, 0.2) is 6.10 Å². The third kappa shape index (κ3) is 3.86. The van der Waals surface area contributed by atoms with Crippen molar-refractivity contribution in [3.63, 3.8) is 0 Å². The number of benzene rings is 1. The number of esters is 2. The zero-order chi connectivity index (χ0) is 29.2. The number of ether oxygens (including phenoxy) is 6. The summed E-state index contributed by atoms with van der Waals surface area (Å²) in [4.78, 5) is 37.6. The van der Waals surface area contributed by atoms with Crippen LogP contribution in [-0.4, -0.2) is 88.5 Å². The van der Waals surface area contributed by atoms with E-state index >= 15 is 0 Å². The highest BCUT2D eigenvalue weighted by Gasteiger charge is 2.88. The second kappa shape index (κ2) is 9.91. The SMILES string of the molecule is C[C@@H]1C(=O)OC([C@H](O)C23COC4OC(=O)C(OC(=S)Oc5ccccc5)C42[C@H](C(C)(C)C)[C@@H](O)C3OC=O)[C@@H]1O. The van der Waals surface area contributed by atoms with E-state index in [-0.39, 0.29) is 6.47 Å². The lowest BCUT2D eigenvalue weighted by molar-refractivity contribution is -0.196. The summed E-state index contributed by atoms with van der Waals surface area (Å²) in [7, 11) is 0. The maximum absolute atomic E-state index is 13.5. The van der Waals surface area contributed by atoms with E-state index in [0.717, 1.165) is 0 Å². The molecule has 13 heteroatoms. The monoisotopic (exact) mass is 580 g/mol. The molecule has 0 bridgehead atoms. The zero-order valence-corrected chi connectivity index (χ0v) is 23.1. The summed E-state index contributed by atoms with van der Waals surface area (Å²) >= 11 is 5.33. The van der Waals surface area contributed by atoms with Crippen molar-refractivity contribution >= 4 is 35.9 Å². The molecule has 40 heavy (non-hydrogen) atoms. The van der Waals surface area contributed by atoms with Crippen molar-refractivity contribution in [2.24, 2.45) is 28.1 Å². The first-order valence-corrected chi connectivity index (χ1v) is 13.3. The molecular weight excluding hydrogens is 548 g/mol. The molecule has 1 saturated carbocycles. The molecule has 1 aromatic carbocycles. The average molecular weight is 581 g/mol. The normalized spacial score (nSPS) is 41.0. The molecule has 0 aromatic heterocycles. The highest BCUT2D eigenvalue weighted by Crippen LogP contribution is 2.73. The first kappa shape index (κ1) is 28.7. The van der Waals surface area contributed by atoms with Gasteiger partial charge in [-0.15, -0.1) is 0 Å². The molecule has 5 rings (SSSR count). The van der Waals surface area contributed by atoms with Crippen molar-refractivity contribution in [1.82, 2.24) is 0 Å². The van der Waals surface area contributed by atoms with Gasteiger partial charge in [0, 0.05) is 18.1 Å². The number of cyclic esters (lactones) is 1. The number of aliphatic hydroxyl groups is 3. The van der Waals surface area contributed by atoms with Gasteiger partial charge in [-0.25, -0.2) is 4.79 Å². The van der Waals surface area contributed by atoms with Gasteiger partial charge in [0.25, 0.3) is 6.47 Å². The maximum atomic E-state index is 13.5. The Morgan fingerprint density at radius 1 is 1.12 bits per heavy atom. The topological polar surface area (TPSA) is 167 Å². The summed E-state index contributed by atoms with van der Waals surface area (Å²) in [6.45, 7) is 6.51. The van der Waals surface area contributed by atoms with Gasteiger partial charge >= 0.3 is 17.2 Å². The fourth-order valence-electron chi connectivity index (χ4n) is 7.38. The lowest BCUT2D eigenvalue weighted by atomic mass is 9.53. The van der Waals surface area contributed by atoms with Crippen LogP contribution in [0.1, 0.15) is 27.7 Å². The zero-order valence-electron chi connectivity index (χ0n) is 22.3. The van der Waals surface area contributed by atoms with Crippen LogP contribution in [0.25, 0.3) is 0 Å². The minimum Gasteiger partial charge on any atom is -0.461 e. The van der Waals surface area contributed by atoms with Crippen LogP contribution in [0.3, 0.4) is 0 Å². The third-order valence-corrected chi connectivity index (χ3v) is 9.00. The number of para-hydroxylation sites is 1. The Morgan fingerprint density at radius 3 is 2.38 bits per heavy atom. The van der Waals surface area contributed by atoms with Crippen molar-refractivity contribution in [3.05, 3.63) is 30.3 Å². The Balaban J connectivity index is 1.67. The van der Waals surface area contributed by atoms with Gasteiger partial charge in [0.2, 0.25) is 12.4 Å². The van der Waals surface area contributed by atoms with Crippen molar-refractivity contribution in [2.75, 3.05) is 6.61 Å². The van der Waals surface area contributed by atoms with Crippen molar-refractivity contribution in [1.29, 1.82) is 0 Å². The van der Waals surface area contributed by atoms with E-state index in [1.54, 1.807) is 51.1 Å². The van der Waals surface area contributed by atoms with Gasteiger partial charge in [-0.2, -0.15) is 0 Å². The Kier molecular flexibility index (Phi) is 7.11. The molecule has 1 spiro atoms. The van der Waals surface area contributed by atoms with Gasteiger partial charge in [0.1, 0.15) is 29.5 Å². The first-order chi connectivity index (χ1) is 18.8. The average Bonchev–Trinajstić information content (AvgIpc) is 3.51. The standard InChI is InChI=1S/C27H32O12S/c1-12-14(29)16(37-21(12)32)18(31)26-10-34-23-27(26,17(25(2,3)4)15(30)19(26)35-11-28)20(22(33)39-23)38-24(40)36-13-8-6-5-7-9-13/h5-9,11-12,14-20,23,29-31H,10H2,1-4H3/t12-,14+,15+,16?,17-,18-,19?,20?,23?,26?,27?/m0/s1. The number of aliphatic hydroxyl groups excluding tert-OH is 3. The number of hydrogen-bond donors (Lipinski definition) is 3. The fourth-order valence-corrected chi connectivity index (χ4v) is 7.57. The van der Waals surface area contributed by atoms with Crippen LogP contribution in [0, 0.1) is 28.1 Å². The number of carbonyl (C=O) groups excluding carboxylic acids is 3. The van der Waals surface area contributed by atoms with Gasteiger partial charge in [0.05, 0.1) is 24.0 Å². The first-order valence-electron chi connectivity index (χ1n) is 12.9. The molecule has 3 N–H and O–H groups in total. The van der Waals surface area contributed by atoms with Crippen LogP contribution in [0.5, 0.6) is 5.75 Å². The molecule has 11 atom stereocenters. The molecule has 4 fully saturated rings. The van der Waals surface area contributed by atoms with Crippen LogP contribution >= 0.6 is 12.2 Å². The predicted molar refractivity (Wildman–Crippen MR) is 136 cm³/mol. The molecule has 3 saturated heterocycles. The van der Waals surface area contributed by atoms with Crippen LogP contribution in [0.2, 0.25) is 0 Å². The van der Waals surface area contributed by atoms with E-state index in [1.165, 1.54) is 6.92 Å². The second-order valence-corrected chi connectivity index (χ2v) is 12.2. The summed E-state index contributed by atoms with van der Waals surface area (Å²) in [6, 6.07) is 8.44. The summed E-state index contributed by atoms with van der Waals surface area (Å²) in [6.07, 6.45) is -10.7. The van der Waals surface area contributed by atoms with Crippen LogP contribution in [0.4, 0.5) is 0 Å². The smallest absolute Gasteiger partial charge is 0.358 e. The van der Waals surface area contributed by atoms with Gasteiger partial charge < -0.3 is 43.7 Å². The minimum absolute atomic E-state index is 0.116. The molecule has 3 aliphatic heterocycles. The molecule has 1 aromatic rings. The molecule has 3 heterocycles. The number of carbonyl (C=O) groups is 3. The van der Waals surface area contributed by atoms with E-state index in [2.05, 4.69) is 0 Å². The largest absolute Gasteiger partial charge is 0.461 e. The Bertz CT molecular complexity index is 1190. The fraction of sp³-hybridized carbons (Fsp3) is 0.630. The van der Waals surface area contributed by atoms with Crippen molar-refractivity contribution < 1.29 is 58.1 Å². The lowest BCUT2D eigenvalue weighted by Crippen LogP contribution is -2.64. The third-order valence-electron chi connectivity index (χ3n) is 8.82. The van der Waals surface area contributed by atoms with Gasteiger partial charge in [-0.1, -0.05) is 39.0 Å². The van der Waals surface area contributed by atoms with E-state index < -0.39 is 94.8 Å². The quantitative estimate of drug-likeness (QED) is 0.184.